The van der Waals surface area contributed by atoms with Crippen LogP contribution in [0.4, 0.5) is 5.69 Å². The molecule has 156 valence electrons. The van der Waals surface area contributed by atoms with Gasteiger partial charge in [0.2, 0.25) is 5.91 Å². The van der Waals surface area contributed by atoms with Gasteiger partial charge in [0.15, 0.2) is 12.4 Å². The van der Waals surface area contributed by atoms with Gasteiger partial charge in [-0.1, -0.05) is 37.3 Å². The summed E-state index contributed by atoms with van der Waals surface area (Å²) in [4.78, 5) is 50.1. The molecule has 30 heavy (non-hydrogen) atoms. The average Bonchev–Trinajstić information content (AvgIpc) is 3.18. The average molecular weight is 409 g/mol. The van der Waals surface area contributed by atoms with E-state index in [1.54, 1.807) is 54.6 Å². The fourth-order valence-electron chi connectivity index (χ4n) is 3.13. The summed E-state index contributed by atoms with van der Waals surface area (Å²) in [6.45, 7) is 2.06. The van der Waals surface area contributed by atoms with Gasteiger partial charge in [0.25, 0.3) is 0 Å². The number of esters is 2. The molecule has 2 aromatic carbocycles. The van der Waals surface area contributed by atoms with Gasteiger partial charge >= 0.3 is 11.9 Å². The number of benzene rings is 2. The van der Waals surface area contributed by atoms with Crippen molar-refractivity contribution in [2.45, 2.75) is 19.8 Å². The minimum atomic E-state index is -0.643. The molecule has 1 atom stereocenters. The topological polar surface area (TPSA) is 90.0 Å². The van der Waals surface area contributed by atoms with Crippen LogP contribution in [0.2, 0.25) is 0 Å². The van der Waals surface area contributed by atoms with Gasteiger partial charge in [0.1, 0.15) is 0 Å². The molecular formula is C23H23NO6. The lowest BCUT2D eigenvalue weighted by Gasteiger charge is -2.17. The molecule has 7 nitrogen and oxygen atoms in total. The summed E-state index contributed by atoms with van der Waals surface area (Å²) in [5.74, 6) is -2.14. The summed E-state index contributed by atoms with van der Waals surface area (Å²) < 4.78 is 10.2. The molecule has 1 unspecified atom stereocenters. The van der Waals surface area contributed by atoms with Gasteiger partial charge < -0.3 is 14.4 Å². The molecule has 0 aromatic heterocycles. The number of carbonyl (C=O) groups excluding carboxylic acids is 4. The summed E-state index contributed by atoms with van der Waals surface area (Å²) in [7, 11) is 0. The number of carbonyl (C=O) groups is 4. The zero-order valence-corrected chi connectivity index (χ0v) is 16.7. The van der Waals surface area contributed by atoms with Crippen molar-refractivity contribution in [3.63, 3.8) is 0 Å². The first-order valence-electron chi connectivity index (χ1n) is 9.82. The monoisotopic (exact) mass is 409 g/mol. The largest absolute Gasteiger partial charge is 0.462 e. The molecule has 2 aromatic rings. The standard InChI is InChI=1S/C23H23NO6/c1-2-12-29-22(27)17-8-10-19(11-9-17)24-14-18(13-21(24)26)23(28)30-15-20(25)16-6-4-3-5-7-16/h3-11,18H,2,12-15H2,1H3. The van der Waals surface area contributed by atoms with Crippen LogP contribution in [0.3, 0.4) is 0 Å². The van der Waals surface area contributed by atoms with Crippen molar-refractivity contribution >= 4 is 29.3 Å². The van der Waals surface area contributed by atoms with Crippen molar-refractivity contribution in [1.29, 1.82) is 0 Å². The van der Waals surface area contributed by atoms with Gasteiger partial charge in [-0.05, 0) is 30.7 Å². The SMILES string of the molecule is CCCOC(=O)c1ccc(N2CC(C(=O)OCC(=O)c3ccccc3)CC2=O)cc1. The van der Waals surface area contributed by atoms with Crippen molar-refractivity contribution in [1.82, 2.24) is 0 Å². The number of rotatable bonds is 8. The smallest absolute Gasteiger partial charge is 0.338 e. The molecule has 1 saturated heterocycles. The maximum atomic E-state index is 12.4. The summed E-state index contributed by atoms with van der Waals surface area (Å²) >= 11 is 0. The number of ether oxygens (including phenoxy) is 2. The number of Topliss-reactive ketones (excluding diaryl/α,β-unsaturated/α-hetero) is 1. The van der Waals surface area contributed by atoms with Gasteiger partial charge in [-0.2, -0.15) is 0 Å². The zero-order chi connectivity index (χ0) is 21.5. The van der Waals surface area contributed by atoms with E-state index < -0.39 is 17.9 Å². The Kier molecular flexibility index (Phi) is 6.95. The quantitative estimate of drug-likeness (QED) is 0.492. The maximum Gasteiger partial charge on any atom is 0.338 e. The highest BCUT2D eigenvalue weighted by molar-refractivity contribution is 6.01. The fraction of sp³-hybridized carbons (Fsp3) is 0.304. The molecular weight excluding hydrogens is 386 g/mol. The van der Waals surface area contributed by atoms with Gasteiger partial charge in [-0.15, -0.1) is 0 Å². The van der Waals surface area contributed by atoms with E-state index in [0.29, 0.717) is 23.4 Å². The van der Waals surface area contributed by atoms with Crippen LogP contribution in [0, 0.1) is 5.92 Å². The molecule has 0 aliphatic carbocycles. The van der Waals surface area contributed by atoms with Crippen molar-refractivity contribution in [3.05, 3.63) is 65.7 Å². The molecule has 0 bridgehead atoms. The maximum absolute atomic E-state index is 12.4. The van der Waals surface area contributed by atoms with E-state index in [9.17, 15) is 19.2 Å². The molecule has 1 heterocycles. The predicted molar refractivity (Wildman–Crippen MR) is 109 cm³/mol. The second kappa shape index (κ2) is 9.82. The lowest BCUT2D eigenvalue weighted by Crippen LogP contribution is -2.27. The minimum Gasteiger partial charge on any atom is -0.462 e. The first kappa shape index (κ1) is 21.2. The van der Waals surface area contributed by atoms with Crippen molar-refractivity contribution in [3.8, 4) is 0 Å². The Labute approximate surface area is 174 Å². The first-order valence-corrected chi connectivity index (χ1v) is 9.82. The number of hydrogen-bond donors (Lipinski definition) is 0. The fourth-order valence-corrected chi connectivity index (χ4v) is 3.13. The van der Waals surface area contributed by atoms with Crippen LogP contribution in [0.15, 0.2) is 54.6 Å². The van der Waals surface area contributed by atoms with Crippen molar-refractivity contribution < 1.29 is 28.7 Å². The molecule has 7 heteroatoms. The van der Waals surface area contributed by atoms with E-state index in [2.05, 4.69) is 0 Å². The Morgan fingerprint density at radius 2 is 1.67 bits per heavy atom. The summed E-state index contributed by atoms with van der Waals surface area (Å²) in [6, 6.07) is 15.0. The minimum absolute atomic E-state index is 0.0126. The summed E-state index contributed by atoms with van der Waals surface area (Å²) in [5.41, 5.74) is 1.45. The van der Waals surface area contributed by atoms with E-state index in [4.69, 9.17) is 9.47 Å². The third-order valence-corrected chi connectivity index (χ3v) is 4.75. The van der Waals surface area contributed by atoms with Gasteiger partial charge in [0.05, 0.1) is 18.1 Å². The predicted octanol–water partition coefficient (Wildman–Crippen LogP) is 3.03. The second-order valence-corrected chi connectivity index (χ2v) is 6.99. The van der Waals surface area contributed by atoms with Crippen LogP contribution in [-0.4, -0.2) is 43.4 Å². The molecule has 1 aliphatic heterocycles. The highest BCUT2D eigenvalue weighted by Gasteiger charge is 2.36. The highest BCUT2D eigenvalue weighted by atomic mass is 16.5. The van der Waals surface area contributed by atoms with Gasteiger partial charge in [-0.25, -0.2) is 4.79 Å². The van der Waals surface area contributed by atoms with E-state index in [1.807, 2.05) is 6.92 Å². The molecule has 0 N–H and O–H groups in total. The van der Waals surface area contributed by atoms with E-state index in [-0.39, 0.29) is 31.3 Å². The first-order chi connectivity index (χ1) is 14.5. The van der Waals surface area contributed by atoms with Crippen LogP contribution in [0.25, 0.3) is 0 Å². The normalized spacial score (nSPS) is 15.7. The number of amides is 1. The molecule has 1 amide bonds. The molecule has 1 aliphatic rings. The Morgan fingerprint density at radius 3 is 2.33 bits per heavy atom. The lowest BCUT2D eigenvalue weighted by atomic mass is 10.1. The summed E-state index contributed by atoms with van der Waals surface area (Å²) in [6.07, 6.45) is 0.749. The molecule has 3 rings (SSSR count). The number of nitrogens with zero attached hydrogens (tertiary/aromatic N) is 1. The Hall–Kier alpha value is -3.48. The Balaban J connectivity index is 1.56. The molecule has 0 saturated carbocycles. The van der Waals surface area contributed by atoms with Crippen molar-refractivity contribution in [2.24, 2.45) is 5.92 Å². The number of anilines is 1. The van der Waals surface area contributed by atoms with E-state index in [0.717, 1.165) is 6.42 Å². The molecule has 0 radical (unpaired) electrons. The van der Waals surface area contributed by atoms with Crippen LogP contribution >= 0.6 is 0 Å². The van der Waals surface area contributed by atoms with Gasteiger partial charge in [0, 0.05) is 24.2 Å². The van der Waals surface area contributed by atoms with Crippen LogP contribution in [-0.2, 0) is 19.1 Å². The van der Waals surface area contributed by atoms with E-state index >= 15 is 0 Å². The van der Waals surface area contributed by atoms with Crippen LogP contribution in [0.5, 0.6) is 0 Å². The Bertz CT molecular complexity index is 922. The van der Waals surface area contributed by atoms with E-state index in [1.165, 1.54) is 4.90 Å². The van der Waals surface area contributed by atoms with Gasteiger partial charge in [-0.3, -0.25) is 14.4 Å². The van der Waals surface area contributed by atoms with Crippen LogP contribution < -0.4 is 4.90 Å². The third-order valence-electron chi connectivity index (χ3n) is 4.75. The third kappa shape index (κ3) is 5.11. The zero-order valence-electron chi connectivity index (χ0n) is 16.7. The van der Waals surface area contributed by atoms with Crippen LogP contribution in [0.1, 0.15) is 40.5 Å². The highest BCUT2D eigenvalue weighted by Crippen LogP contribution is 2.26. The Morgan fingerprint density at radius 1 is 0.967 bits per heavy atom. The molecule has 0 spiro atoms. The number of hydrogen-bond acceptors (Lipinski definition) is 6. The summed E-state index contributed by atoms with van der Waals surface area (Å²) in [5, 5.41) is 0. The van der Waals surface area contributed by atoms with Crippen molar-refractivity contribution in [2.75, 3.05) is 24.7 Å². The lowest BCUT2D eigenvalue weighted by molar-refractivity contribution is -0.147. The molecule has 1 fully saturated rings. The number of ketones is 1. The second-order valence-electron chi connectivity index (χ2n) is 6.99.